The lowest BCUT2D eigenvalue weighted by molar-refractivity contribution is 0.342. The molecule has 1 unspecified atom stereocenters. The summed E-state index contributed by atoms with van der Waals surface area (Å²) in [5, 5.41) is 0. The van der Waals surface area contributed by atoms with E-state index in [1.54, 1.807) is 0 Å². The molecule has 1 atom stereocenters. The van der Waals surface area contributed by atoms with Crippen LogP contribution in [0.3, 0.4) is 0 Å². The van der Waals surface area contributed by atoms with Crippen LogP contribution < -0.4 is 16.4 Å². The third kappa shape index (κ3) is 3.54. The second-order valence-corrected chi connectivity index (χ2v) is 7.27. The Morgan fingerprint density at radius 2 is 1.88 bits per heavy atom. The number of nitrogen functional groups attached to an aromatic ring is 1. The SMILES string of the molecule is Cc1ccc(C(CN)C2CCN(c3ncnc(N)c3Br)CC2)cc1. The predicted molar refractivity (Wildman–Crippen MR) is 102 cm³/mol. The third-order valence-corrected chi connectivity index (χ3v) is 5.73. The van der Waals surface area contributed by atoms with E-state index < -0.39 is 0 Å². The zero-order valence-corrected chi connectivity index (χ0v) is 15.5. The number of piperidine rings is 1. The fourth-order valence-corrected chi connectivity index (χ4v) is 3.98. The van der Waals surface area contributed by atoms with Crippen LogP contribution >= 0.6 is 15.9 Å². The van der Waals surface area contributed by atoms with Crippen LogP contribution in [-0.2, 0) is 0 Å². The predicted octanol–water partition coefficient (Wildman–Crippen LogP) is 3.09. The standard InChI is InChI=1S/C18H24BrN5/c1-12-2-4-13(5-3-12)15(10-20)14-6-8-24(9-7-14)18-16(19)17(21)22-11-23-18/h2-5,11,14-15H,6-10,20H2,1H3,(H2,21,22,23). The zero-order valence-electron chi connectivity index (χ0n) is 14.0. The highest BCUT2D eigenvalue weighted by Crippen LogP contribution is 2.35. The molecule has 0 spiro atoms. The maximum Gasteiger partial charge on any atom is 0.148 e. The Hall–Kier alpha value is -1.66. The summed E-state index contributed by atoms with van der Waals surface area (Å²) in [4.78, 5) is 10.7. The molecule has 0 amide bonds. The fourth-order valence-electron chi connectivity index (χ4n) is 3.52. The molecular weight excluding hydrogens is 366 g/mol. The Balaban J connectivity index is 1.69. The van der Waals surface area contributed by atoms with Gasteiger partial charge in [0.05, 0.1) is 0 Å². The average Bonchev–Trinajstić information content (AvgIpc) is 2.60. The van der Waals surface area contributed by atoms with Gasteiger partial charge in [-0.15, -0.1) is 0 Å². The number of hydrogen-bond acceptors (Lipinski definition) is 5. The molecule has 1 aliphatic heterocycles. The summed E-state index contributed by atoms with van der Waals surface area (Å²) < 4.78 is 0.789. The number of benzene rings is 1. The van der Waals surface area contributed by atoms with Gasteiger partial charge in [-0.1, -0.05) is 29.8 Å². The lowest BCUT2D eigenvalue weighted by Crippen LogP contribution is -2.37. The summed E-state index contributed by atoms with van der Waals surface area (Å²) in [5.41, 5.74) is 14.6. The van der Waals surface area contributed by atoms with E-state index in [4.69, 9.17) is 11.5 Å². The van der Waals surface area contributed by atoms with E-state index in [1.165, 1.54) is 17.5 Å². The Bertz CT molecular complexity index is 680. The zero-order chi connectivity index (χ0) is 17.1. The number of nitrogens with two attached hydrogens (primary N) is 2. The molecule has 1 aromatic carbocycles. The van der Waals surface area contributed by atoms with Crippen molar-refractivity contribution in [3.8, 4) is 0 Å². The molecule has 0 aliphatic carbocycles. The van der Waals surface area contributed by atoms with Crippen molar-refractivity contribution in [2.75, 3.05) is 30.3 Å². The van der Waals surface area contributed by atoms with Gasteiger partial charge >= 0.3 is 0 Å². The summed E-state index contributed by atoms with van der Waals surface area (Å²) in [6.07, 6.45) is 3.73. The van der Waals surface area contributed by atoms with Gasteiger partial charge in [0.25, 0.3) is 0 Å². The Labute approximate surface area is 151 Å². The van der Waals surface area contributed by atoms with Crippen molar-refractivity contribution in [3.05, 3.63) is 46.2 Å². The normalized spacial score (nSPS) is 17.0. The molecule has 5 nitrogen and oxygen atoms in total. The number of halogens is 1. The van der Waals surface area contributed by atoms with Crippen molar-refractivity contribution < 1.29 is 0 Å². The van der Waals surface area contributed by atoms with Crippen molar-refractivity contribution >= 4 is 27.6 Å². The number of anilines is 2. The molecule has 0 bridgehead atoms. The topological polar surface area (TPSA) is 81.1 Å². The van der Waals surface area contributed by atoms with Crippen LogP contribution in [0.5, 0.6) is 0 Å². The molecule has 128 valence electrons. The molecule has 6 heteroatoms. The van der Waals surface area contributed by atoms with E-state index in [0.717, 1.165) is 36.2 Å². The van der Waals surface area contributed by atoms with Gasteiger partial charge in [-0.05, 0) is 59.6 Å². The maximum absolute atomic E-state index is 6.11. The Kier molecular flexibility index (Phi) is 5.36. The van der Waals surface area contributed by atoms with Gasteiger partial charge in [-0.25, -0.2) is 9.97 Å². The fraction of sp³-hybridized carbons (Fsp3) is 0.444. The summed E-state index contributed by atoms with van der Waals surface area (Å²) in [6, 6.07) is 8.80. The highest BCUT2D eigenvalue weighted by Gasteiger charge is 2.28. The molecule has 2 heterocycles. The smallest absolute Gasteiger partial charge is 0.148 e. The van der Waals surface area contributed by atoms with Crippen LogP contribution in [0.4, 0.5) is 11.6 Å². The molecule has 1 saturated heterocycles. The van der Waals surface area contributed by atoms with Crippen molar-refractivity contribution in [2.24, 2.45) is 11.7 Å². The van der Waals surface area contributed by atoms with Gasteiger partial charge in [0.1, 0.15) is 22.4 Å². The minimum atomic E-state index is 0.423. The molecule has 0 radical (unpaired) electrons. The van der Waals surface area contributed by atoms with Gasteiger partial charge < -0.3 is 16.4 Å². The Morgan fingerprint density at radius 1 is 1.21 bits per heavy atom. The number of nitrogens with zero attached hydrogens (tertiary/aromatic N) is 3. The van der Waals surface area contributed by atoms with Crippen LogP contribution in [0.2, 0.25) is 0 Å². The van der Waals surface area contributed by atoms with Crippen molar-refractivity contribution in [1.29, 1.82) is 0 Å². The van der Waals surface area contributed by atoms with E-state index in [1.807, 2.05) is 0 Å². The number of hydrogen-bond donors (Lipinski definition) is 2. The molecule has 2 aromatic rings. The minimum absolute atomic E-state index is 0.423. The lowest BCUT2D eigenvalue weighted by atomic mass is 9.80. The molecule has 1 aliphatic rings. The van der Waals surface area contributed by atoms with E-state index in [2.05, 4.69) is 62.0 Å². The van der Waals surface area contributed by atoms with E-state index in [9.17, 15) is 0 Å². The first kappa shape index (κ1) is 17.2. The quantitative estimate of drug-likeness (QED) is 0.839. The molecule has 1 aromatic heterocycles. The van der Waals surface area contributed by atoms with Crippen LogP contribution in [0.1, 0.15) is 29.9 Å². The molecule has 1 fully saturated rings. The molecular formula is C18H24BrN5. The molecule has 3 rings (SSSR count). The second-order valence-electron chi connectivity index (χ2n) is 6.47. The summed E-state index contributed by atoms with van der Waals surface area (Å²) in [6.45, 7) is 4.73. The molecule has 4 N–H and O–H groups in total. The molecule has 24 heavy (non-hydrogen) atoms. The van der Waals surface area contributed by atoms with Gasteiger partial charge in [0.2, 0.25) is 0 Å². The number of rotatable bonds is 4. The first-order valence-electron chi connectivity index (χ1n) is 8.37. The van der Waals surface area contributed by atoms with Gasteiger partial charge in [0.15, 0.2) is 0 Å². The first-order valence-corrected chi connectivity index (χ1v) is 9.17. The number of aryl methyl sites for hydroxylation is 1. The number of aromatic nitrogens is 2. The highest BCUT2D eigenvalue weighted by molar-refractivity contribution is 9.10. The monoisotopic (exact) mass is 389 g/mol. The largest absolute Gasteiger partial charge is 0.383 e. The van der Waals surface area contributed by atoms with Crippen LogP contribution in [0, 0.1) is 12.8 Å². The van der Waals surface area contributed by atoms with Crippen LogP contribution in [-0.4, -0.2) is 29.6 Å². The van der Waals surface area contributed by atoms with Gasteiger partial charge in [-0.3, -0.25) is 0 Å². The van der Waals surface area contributed by atoms with E-state index >= 15 is 0 Å². The average molecular weight is 390 g/mol. The summed E-state index contributed by atoms with van der Waals surface area (Å²) >= 11 is 3.51. The Morgan fingerprint density at radius 3 is 2.50 bits per heavy atom. The lowest BCUT2D eigenvalue weighted by Gasteiger charge is -2.37. The van der Waals surface area contributed by atoms with Crippen LogP contribution in [0.25, 0.3) is 0 Å². The highest BCUT2D eigenvalue weighted by atomic mass is 79.9. The maximum atomic E-state index is 6.11. The summed E-state index contributed by atoms with van der Waals surface area (Å²) in [5.74, 6) is 2.40. The minimum Gasteiger partial charge on any atom is -0.383 e. The molecule has 0 saturated carbocycles. The van der Waals surface area contributed by atoms with Gasteiger partial charge in [0, 0.05) is 13.1 Å². The van der Waals surface area contributed by atoms with Crippen molar-refractivity contribution in [1.82, 2.24) is 9.97 Å². The van der Waals surface area contributed by atoms with E-state index in [0.29, 0.717) is 24.2 Å². The van der Waals surface area contributed by atoms with E-state index in [-0.39, 0.29) is 0 Å². The van der Waals surface area contributed by atoms with Gasteiger partial charge in [-0.2, -0.15) is 0 Å². The third-order valence-electron chi connectivity index (χ3n) is 4.97. The van der Waals surface area contributed by atoms with Crippen molar-refractivity contribution in [2.45, 2.75) is 25.7 Å². The first-order chi connectivity index (χ1) is 11.6. The summed E-state index contributed by atoms with van der Waals surface area (Å²) in [7, 11) is 0. The van der Waals surface area contributed by atoms with Crippen molar-refractivity contribution in [3.63, 3.8) is 0 Å². The van der Waals surface area contributed by atoms with Crippen LogP contribution in [0.15, 0.2) is 35.1 Å². The second kappa shape index (κ2) is 7.49.